The maximum Gasteiger partial charge on any atom is 0.193 e. The van der Waals surface area contributed by atoms with Crippen LogP contribution >= 0.6 is 0 Å². The van der Waals surface area contributed by atoms with Gasteiger partial charge in [0.15, 0.2) is 17.3 Å². The van der Waals surface area contributed by atoms with Crippen molar-refractivity contribution in [3.05, 3.63) is 70.8 Å². The molecule has 0 radical (unpaired) electrons. The highest BCUT2D eigenvalue weighted by Gasteiger charge is 2.64. The monoisotopic (exact) mass is 467 g/mol. The Kier molecular flexibility index (Phi) is 5.45. The van der Waals surface area contributed by atoms with Crippen LogP contribution in [0.25, 0.3) is 0 Å². The fourth-order valence-corrected chi connectivity index (χ4v) is 6.49. The number of ketones is 1. The Labute approximate surface area is 207 Å². The Bertz CT molecular complexity index is 1230. The van der Waals surface area contributed by atoms with Crippen molar-refractivity contribution < 1.29 is 9.53 Å². The van der Waals surface area contributed by atoms with Crippen LogP contribution in [0.15, 0.2) is 53.5 Å². The number of rotatable bonds is 3. The topological polar surface area (TPSA) is 67.9 Å². The molecule has 1 atom stereocenters. The number of carbonyl (C=O) groups excluding carboxylic acids is 1. The molecule has 2 saturated carbocycles. The average Bonchev–Trinajstić information content (AvgIpc) is 3.67. The first kappa shape index (κ1) is 22.4. The van der Waals surface area contributed by atoms with Crippen LogP contribution in [-0.4, -0.2) is 36.4 Å². The molecule has 0 bridgehead atoms. The lowest BCUT2D eigenvalue weighted by atomic mass is 9.59. The molecule has 3 aliphatic carbocycles. The van der Waals surface area contributed by atoms with Crippen LogP contribution in [0.3, 0.4) is 0 Å². The summed E-state index contributed by atoms with van der Waals surface area (Å²) in [7, 11) is 1.79. The quantitative estimate of drug-likeness (QED) is 0.688. The number of guanidine groups is 1. The van der Waals surface area contributed by atoms with E-state index in [1.807, 2.05) is 23.1 Å². The normalized spacial score (nSPS) is 29.6. The van der Waals surface area contributed by atoms with Crippen molar-refractivity contribution in [1.82, 2.24) is 4.90 Å². The number of ether oxygens (including phenoxy) is 1. The van der Waals surface area contributed by atoms with Crippen molar-refractivity contribution in [1.29, 1.82) is 0 Å². The van der Waals surface area contributed by atoms with Crippen molar-refractivity contribution in [3.63, 3.8) is 0 Å². The van der Waals surface area contributed by atoms with Crippen molar-refractivity contribution in [2.75, 3.05) is 13.7 Å². The van der Waals surface area contributed by atoms with Gasteiger partial charge in [-0.3, -0.25) is 4.79 Å². The number of benzene rings is 2. The second-order valence-corrected chi connectivity index (χ2v) is 10.8. The first-order valence-corrected chi connectivity index (χ1v) is 12.9. The molecule has 6 rings (SSSR count). The lowest BCUT2D eigenvalue weighted by Crippen LogP contribution is -2.59. The standard InChI is InChI=1S/C30H33N3O2/c1-35-25-13-15-29(16-14-25)18-24-12-11-22(10-9-21-7-8-21)17-26(24)30(29)27(34)20-33(28(31)32-30)19-23-5-3-2-4-6-23/h2-6,11-12,17,21,25H,7-8,13-16,18-20H2,1H3,(H2,31,32). The smallest absolute Gasteiger partial charge is 0.193 e. The van der Waals surface area contributed by atoms with Crippen molar-refractivity contribution in [2.45, 2.75) is 63.1 Å². The summed E-state index contributed by atoms with van der Waals surface area (Å²) in [6, 6.07) is 16.6. The third-order valence-electron chi connectivity index (χ3n) is 8.58. The van der Waals surface area contributed by atoms with Crippen LogP contribution in [-0.2, 0) is 28.0 Å². The maximum absolute atomic E-state index is 14.3. The second-order valence-electron chi connectivity index (χ2n) is 10.8. The molecule has 2 spiro atoms. The number of nitrogens with zero attached hydrogens (tertiary/aromatic N) is 2. The lowest BCUT2D eigenvalue weighted by Gasteiger charge is -2.49. The Balaban J connectivity index is 1.43. The van der Waals surface area contributed by atoms with E-state index in [1.165, 1.54) is 18.4 Å². The van der Waals surface area contributed by atoms with Crippen LogP contribution in [0.4, 0.5) is 0 Å². The summed E-state index contributed by atoms with van der Waals surface area (Å²) in [4.78, 5) is 21.4. The summed E-state index contributed by atoms with van der Waals surface area (Å²) in [5, 5.41) is 0. The summed E-state index contributed by atoms with van der Waals surface area (Å²) >= 11 is 0. The van der Waals surface area contributed by atoms with E-state index in [0.29, 0.717) is 18.4 Å². The third-order valence-corrected chi connectivity index (χ3v) is 8.58. The lowest BCUT2D eigenvalue weighted by molar-refractivity contribution is -0.133. The number of Topliss-reactive ketones (excluding diaryl/α,β-unsaturated/α-hetero) is 1. The molecule has 2 N–H and O–H groups in total. The number of methoxy groups -OCH3 is 1. The average molecular weight is 468 g/mol. The van der Waals surface area contributed by atoms with Gasteiger partial charge < -0.3 is 15.4 Å². The number of nitrogens with two attached hydrogens (primary N) is 1. The first-order chi connectivity index (χ1) is 17.0. The van der Waals surface area contributed by atoms with Gasteiger partial charge in [0, 0.05) is 30.6 Å². The zero-order valence-corrected chi connectivity index (χ0v) is 20.4. The molecule has 2 aromatic carbocycles. The molecule has 35 heavy (non-hydrogen) atoms. The number of hydrogen-bond acceptors (Lipinski definition) is 5. The molecule has 4 aliphatic rings. The highest BCUT2D eigenvalue weighted by molar-refractivity contribution is 6.01. The van der Waals surface area contributed by atoms with E-state index in [-0.39, 0.29) is 23.8 Å². The van der Waals surface area contributed by atoms with Gasteiger partial charge in [-0.1, -0.05) is 48.2 Å². The summed E-state index contributed by atoms with van der Waals surface area (Å²) in [5.41, 5.74) is 9.82. The molecule has 5 nitrogen and oxygen atoms in total. The molecule has 5 heteroatoms. The highest BCUT2D eigenvalue weighted by atomic mass is 16.5. The number of carbonyl (C=O) groups is 1. The number of fused-ring (bicyclic) bond motifs is 3. The molecule has 1 heterocycles. The van der Waals surface area contributed by atoms with Crippen molar-refractivity contribution in [3.8, 4) is 11.8 Å². The van der Waals surface area contributed by atoms with Crippen molar-refractivity contribution in [2.24, 2.45) is 22.1 Å². The van der Waals surface area contributed by atoms with E-state index < -0.39 is 5.54 Å². The minimum atomic E-state index is -0.935. The van der Waals surface area contributed by atoms with E-state index in [1.54, 1.807) is 7.11 Å². The molecule has 0 saturated heterocycles. The SMILES string of the molecule is COC1CCC2(CC1)Cc1ccc(C#CC3CC3)cc1C21N=C(N)N(Cc2ccccc2)CC1=O. The summed E-state index contributed by atoms with van der Waals surface area (Å²) in [6.07, 6.45) is 7.19. The molecular weight excluding hydrogens is 434 g/mol. The number of hydrogen-bond donors (Lipinski definition) is 1. The van der Waals surface area contributed by atoms with Gasteiger partial charge in [-0.15, -0.1) is 0 Å². The molecule has 180 valence electrons. The summed E-state index contributed by atoms with van der Waals surface area (Å²) in [6.45, 7) is 0.855. The van der Waals surface area contributed by atoms with E-state index in [0.717, 1.165) is 48.8 Å². The van der Waals surface area contributed by atoms with Gasteiger partial charge in [0.25, 0.3) is 0 Å². The molecular formula is C30H33N3O2. The van der Waals surface area contributed by atoms with Gasteiger partial charge in [0.05, 0.1) is 12.6 Å². The minimum Gasteiger partial charge on any atom is -0.381 e. The summed E-state index contributed by atoms with van der Waals surface area (Å²) in [5.74, 6) is 7.89. The maximum atomic E-state index is 14.3. The van der Waals surface area contributed by atoms with Gasteiger partial charge in [-0.2, -0.15) is 0 Å². The third kappa shape index (κ3) is 3.76. The van der Waals surface area contributed by atoms with Gasteiger partial charge in [0.2, 0.25) is 0 Å². The van der Waals surface area contributed by atoms with Gasteiger partial charge in [-0.25, -0.2) is 4.99 Å². The van der Waals surface area contributed by atoms with Crippen LogP contribution in [0, 0.1) is 23.2 Å². The molecule has 2 fully saturated rings. The van der Waals surface area contributed by atoms with Crippen LogP contribution in [0.2, 0.25) is 0 Å². The zero-order chi connectivity index (χ0) is 24.0. The van der Waals surface area contributed by atoms with E-state index in [4.69, 9.17) is 15.5 Å². The largest absolute Gasteiger partial charge is 0.381 e. The fraction of sp³-hybridized carbons (Fsp3) is 0.467. The molecule has 0 amide bonds. The van der Waals surface area contributed by atoms with E-state index in [9.17, 15) is 4.79 Å². The number of aliphatic imine (C=N–C) groups is 1. The van der Waals surface area contributed by atoms with E-state index in [2.05, 4.69) is 42.2 Å². The Morgan fingerprint density at radius 1 is 1.11 bits per heavy atom. The van der Waals surface area contributed by atoms with Crippen molar-refractivity contribution >= 4 is 11.7 Å². The molecule has 1 unspecified atom stereocenters. The fourth-order valence-electron chi connectivity index (χ4n) is 6.49. The summed E-state index contributed by atoms with van der Waals surface area (Å²) < 4.78 is 5.69. The zero-order valence-electron chi connectivity index (χ0n) is 20.4. The van der Waals surface area contributed by atoms with Gasteiger partial charge in [-0.05, 0) is 73.8 Å². The van der Waals surface area contributed by atoms with Gasteiger partial charge >= 0.3 is 0 Å². The minimum absolute atomic E-state index is 0.157. The Hall–Kier alpha value is -3.10. The Morgan fingerprint density at radius 2 is 1.89 bits per heavy atom. The molecule has 1 aliphatic heterocycles. The van der Waals surface area contributed by atoms with Gasteiger partial charge in [0.1, 0.15) is 0 Å². The van der Waals surface area contributed by atoms with Crippen LogP contribution in [0.1, 0.15) is 60.8 Å². The first-order valence-electron chi connectivity index (χ1n) is 12.9. The molecule has 0 aromatic heterocycles. The molecule has 2 aromatic rings. The van der Waals surface area contributed by atoms with E-state index >= 15 is 0 Å². The Morgan fingerprint density at radius 3 is 2.60 bits per heavy atom. The highest BCUT2D eigenvalue weighted by Crippen LogP contribution is 2.61. The van der Waals surface area contributed by atoms with Crippen LogP contribution in [0.5, 0.6) is 0 Å². The predicted molar refractivity (Wildman–Crippen MR) is 137 cm³/mol. The van der Waals surface area contributed by atoms with Crippen LogP contribution < -0.4 is 5.73 Å². The second kappa shape index (κ2) is 8.53. The predicted octanol–water partition coefficient (Wildman–Crippen LogP) is 4.17.